The van der Waals surface area contributed by atoms with E-state index >= 15 is 0 Å². The van der Waals surface area contributed by atoms with Crippen molar-refractivity contribution in [2.75, 3.05) is 7.05 Å². The van der Waals surface area contributed by atoms with Gasteiger partial charge in [-0.25, -0.2) is 0 Å². The van der Waals surface area contributed by atoms with Gasteiger partial charge in [0.05, 0.1) is 5.56 Å². The van der Waals surface area contributed by atoms with Gasteiger partial charge in [0, 0.05) is 31.7 Å². The molecule has 0 amide bonds. The zero-order valence-electron chi connectivity index (χ0n) is 11.0. The zero-order chi connectivity index (χ0) is 15.6. The van der Waals surface area contributed by atoms with Crippen LogP contribution in [0.1, 0.15) is 22.0 Å². The molecule has 0 aliphatic rings. The molecule has 0 saturated carbocycles. The lowest BCUT2D eigenvalue weighted by Gasteiger charge is -2.18. The number of hydrogen-bond acceptors (Lipinski definition) is 2. The standard InChI is InChI=1S/C14H12Br2F3NS/c1-20-13(6-10-5-9(15)7-21-10)8-2-3-12(16)11(4-8)14(17,18)19/h2-5,7,13,20H,6H2,1H3. The summed E-state index contributed by atoms with van der Waals surface area (Å²) in [7, 11) is 1.75. The Morgan fingerprint density at radius 3 is 2.48 bits per heavy atom. The van der Waals surface area contributed by atoms with Gasteiger partial charge in [-0.1, -0.05) is 22.0 Å². The summed E-state index contributed by atoms with van der Waals surface area (Å²) in [4.78, 5) is 1.11. The molecule has 1 nitrogen and oxygen atoms in total. The van der Waals surface area contributed by atoms with Crippen LogP contribution in [0.25, 0.3) is 0 Å². The third-order valence-electron chi connectivity index (χ3n) is 3.07. The fraction of sp³-hybridized carbons (Fsp3) is 0.286. The first kappa shape index (κ1) is 17.0. The van der Waals surface area contributed by atoms with E-state index in [0.29, 0.717) is 12.0 Å². The highest BCUT2D eigenvalue weighted by Gasteiger charge is 2.33. The zero-order valence-corrected chi connectivity index (χ0v) is 15.0. The molecule has 2 aromatic rings. The average molecular weight is 443 g/mol. The van der Waals surface area contributed by atoms with Crippen molar-refractivity contribution in [2.45, 2.75) is 18.6 Å². The van der Waals surface area contributed by atoms with E-state index in [4.69, 9.17) is 0 Å². The minimum Gasteiger partial charge on any atom is -0.313 e. The van der Waals surface area contributed by atoms with E-state index in [1.54, 1.807) is 24.5 Å². The lowest BCUT2D eigenvalue weighted by molar-refractivity contribution is -0.138. The van der Waals surface area contributed by atoms with Gasteiger partial charge in [0.1, 0.15) is 0 Å². The van der Waals surface area contributed by atoms with Gasteiger partial charge in [-0.3, -0.25) is 0 Å². The summed E-state index contributed by atoms with van der Waals surface area (Å²) in [6.45, 7) is 0. The van der Waals surface area contributed by atoms with Crippen LogP contribution in [0.15, 0.2) is 38.6 Å². The molecule has 2 rings (SSSR count). The maximum Gasteiger partial charge on any atom is 0.417 e. The summed E-state index contributed by atoms with van der Waals surface area (Å²) >= 11 is 7.93. The summed E-state index contributed by atoms with van der Waals surface area (Å²) in [6, 6.07) is 6.19. The van der Waals surface area contributed by atoms with Gasteiger partial charge in [0.25, 0.3) is 0 Å². The molecule has 1 unspecified atom stereocenters. The topological polar surface area (TPSA) is 12.0 Å². The van der Waals surface area contributed by atoms with E-state index in [1.807, 2.05) is 11.4 Å². The number of likely N-dealkylation sites (N-methyl/N-ethyl adjacent to an activating group) is 1. The SMILES string of the molecule is CNC(Cc1cc(Br)cs1)c1ccc(Br)c(C(F)(F)F)c1. The molecule has 0 saturated heterocycles. The highest BCUT2D eigenvalue weighted by molar-refractivity contribution is 9.10. The molecular weight excluding hydrogens is 431 g/mol. The number of benzene rings is 1. The Hall–Kier alpha value is -0.370. The van der Waals surface area contributed by atoms with Gasteiger partial charge < -0.3 is 5.32 Å². The van der Waals surface area contributed by atoms with Gasteiger partial charge in [-0.05, 0) is 46.7 Å². The van der Waals surface area contributed by atoms with Crippen LogP contribution in [-0.4, -0.2) is 7.05 Å². The monoisotopic (exact) mass is 441 g/mol. The number of alkyl halides is 3. The predicted octanol–water partition coefficient (Wildman–Crippen LogP) is 5.80. The number of thiophene rings is 1. The van der Waals surface area contributed by atoms with E-state index in [1.165, 1.54) is 12.1 Å². The van der Waals surface area contributed by atoms with Crippen molar-refractivity contribution < 1.29 is 13.2 Å². The van der Waals surface area contributed by atoms with Crippen molar-refractivity contribution in [1.82, 2.24) is 5.32 Å². The van der Waals surface area contributed by atoms with Crippen LogP contribution in [0.3, 0.4) is 0 Å². The molecule has 1 aromatic carbocycles. The average Bonchev–Trinajstić information content (AvgIpc) is 2.81. The quantitative estimate of drug-likeness (QED) is 0.631. The molecule has 0 aliphatic carbocycles. The Labute approximate surface area is 141 Å². The van der Waals surface area contributed by atoms with Crippen molar-refractivity contribution >= 4 is 43.2 Å². The van der Waals surface area contributed by atoms with E-state index in [2.05, 4.69) is 37.2 Å². The van der Waals surface area contributed by atoms with Crippen molar-refractivity contribution in [3.05, 3.63) is 54.6 Å². The Morgan fingerprint density at radius 2 is 1.95 bits per heavy atom. The van der Waals surface area contributed by atoms with Crippen LogP contribution in [0, 0.1) is 0 Å². The van der Waals surface area contributed by atoms with E-state index in [9.17, 15) is 13.2 Å². The van der Waals surface area contributed by atoms with Gasteiger partial charge in [0.15, 0.2) is 0 Å². The van der Waals surface area contributed by atoms with Gasteiger partial charge in [-0.2, -0.15) is 13.2 Å². The first-order valence-corrected chi connectivity index (χ1v) is 8.54. The minimum absolute atomic E-state index is 0.0625. The Kier molecular flexibility index (Phi) is 5.51. The van der Waals surface area contributed by atoms with Crippen LogP contribution in [0.4, 0.5) is 13.2 Å². The van der Waals surface area contributed by atoms with Crippen molar-refractivity contribution in [1.29, 1.82) is 0 Å². The van der Waals surface area contributed by atoms with E-state index < -0.39 is 11.7 Å². The largest absolute Gasteiger partial charge is 0.417 e. The molecule has 0 radical (unpaired) electrons. The normalized spacial score (nSPS) is 13.4. The molecule has 1 atom stereocenters. The maximum atomic E-state index is 13.0. The number of rotatable bonds is 4. The summed E-state index contributed by atoms with van der Waals surface area (Å²) in [5.74, 6) is 0. The Bertz CT molecular complexity index is 625. The van der Waals surface area contributed by atoms with Gasteiger partial charge >= 0.3 is 6.18 Å². The Balaban J connectivity index is 2.30. The van der Waals surface area contributed by atoms with Crippen molar-refractivity contribution in [3.63, 3.8) is 0 Å². The van der Waals surface area contributed by atoms with Crippen LogP contribution < -0.4 is 5.32 Å². The van der Waals surface area contributed by atoms with Crippen LogP contribution in [0.2, 0.25) is 0 Å². The first-order chi connectivity index (χ1) is 9.81. The summed E-state index contributed by atoms with van der Waals surface area (Å²) in [5.41, 5.74) is -0.0230. The lowest BCUT2D eigenvalue weighted by Crippen LogP contribution is -2.19. The molecule has 1 aromatic heterocycles. The van der Waals surface area contributed by atoms with Crippen LogP contribution in [-0.2, 0) is 12.6 Å². The Morgan fingerprint density at radius 1 is 1.24 bits per heavy atom. The fourth-order valence-electron chi connectivity index (χ4n) is 2.03. The van der Waals surface area contributed by atoms with Gasteiger partial charge in [-0.15, -0.1) is 11.3 Å². The van der Waals surface area contributed by atoms with Crippen LogP contribution >= 0.6 is 43.2 Å². The number of hydrogen-bond donors (Lipinski definition) is 1. The molecule has 0 aliphatic heterocycles. The molecule has 0 spiro atoms. The smallest absolute Gasteiger partial charge is 0.313 e. The predicted molar refractivity (Wildman–Crippen MR) is 86.7 cm³/mol. The summed E-state index contributed by atoms with van der Waals surface area (Å²) in [5, 5.41) is 5.05. The van der Waals surface area contributed by atoms with Crippen molar-refractivity contribution in [3.8, 4) is 0 Å². The molecule has 7 heteroatoms. The fourth-order valence-corrected chi connectivity index (χ4v) is 4.00. The van der Waals surface area contributed by atoms with E-state index in [-0.39, 0.29) is 10.5 Å². The highest BCUT2D eigenvalue weighted by Crippen LogP contribution is 2.37. The maximum absolute atomic E-state index is 13.0. The molecule has 21 heavy (non-hydrogen) atoms. The molecule has 1 heterocycles. The minimum atomic E-state index is -4.36. The third-order valence-corrected chi connectivity index (χ3v) is 5.49. The second kappa shape index (κ2) is 6.81. The second-order valence-electron chi connectivity index (χ2n) is 4.51. The third kappa shape index (κ3) is 4.31. The summed E-state index contributed by atoms with van der Waals surface area (Å²) < 4.78 is 40.0. The number of halogens is 5. The number of nitrogens with one attached hydrogen (secondary N) is 1. The lowest BCUT2D eigenvalue weighted by atomic mass is 10.0. The van der Waals surface area contributed by atoms with Crippen LogP contribution in [0.5, 0.6) is 0 Å². The van der Waals surface area contributed by atoms with Crippen molar-refractivity contribution in [2.24, 2.45) is 0 Å². The molecular formula is C14H12Br2F3NS. The molecule has 1 N–H and O–H groups in total. The highest BCUT2D eigenvalue weighted by atomic mass is 79.9. The molecule has 0 bridgehead atoms. The second-order valence-corrected chi connectivity index (χ2v) is 7.28. The van der Waals surface area contributed by atoms with E-state index in [0.717, 1.165) is 9.35 Å². The van der Waals surface area contributed by atoms with Gasteiger partial charge in [0.2, 0.25) is 0 Å². The first-order valence-electron chi connectivity index (χ1n) is 6.08. The molecule has 114 valence electrons. The summed E-state index contributed by atoms with van der Waals surface area (Å²) in [6.07, 6.45) is -3.72. The molecule has 0 fully saturated rings.